The number of aliphatic imine (C=N–C) groups is 1. The molecule has 0 saturated carbocycles. The number of aryl methyl sites for hydroxylation is 2. The highest BCUT2D eigenvalue weighted by atomic mass is 32.2. The second kappa shape index (κ2) is 12.6. The lowest BCUT2D eigenvalue weighted by atomic mass is 10.1. The Balaban J connectivity index is 1.42. The Labute approximate surface area is 218 Å². The average molecular weight is 515 g/mol. The normalized spacial score (nSPS) is 16.3. The van der Waals surface area contributed by atoms with Gasteiger partial charge in [0.05, 0.1) is 43.5 Å². The van der Waals surface area contributed by atoms with Crippen LogP contribution in [-0.4, -0.2) is 85.0 Å². The number of methoxy groups -OCH3 is 1. The molecule has 1 heterocycles. The molecule has 1 aliphatic heterocycles. The second-order valence-electron chi connectivity index (χ2n) is 9.31. The topological polar surface area (TPSA) is 80.7 Å². The number of ether oxygens (including phenoxy) is 2. The van der Waals surface area contributed by atoms with Gasteiger partial charge < -0.3 is 23.8 Å². The van der Waals surface area contributed by atoms with Crippen LogP contribution in [0.5, 0.6) is 5.75 Å². The molecule has 2 aromatic rings. The Bertz CT molecular complexity index is 1050. The molecule has 0 N–H and O–H groups in total. The van der Waals surface area contributed by atoms with Gasteiger partial charge in [0.2, 0.25) is 5.91 Å². The van der Waals surface area contributed by atoms with Crippen molar-refractivity contribution in [3.8, 4) is 5.75 Å². The fourth-order valence-corrected chi connectivity index (χ4v) is 5.37. The lowest BCUT2D eigenvalue weighted by Gasteiger charge is -2.23. The van der Waals surface area contributed by atoms with Crippen LogP contribution < -0.4 is 4.74 Å². The number of benzene rings is 2. The zero-order chi connectivity index (χ0) is 26.4. The minimum atomic E-state index is -1.33. The first-order valence-corrected chi connectivity index (χ1v) is 13.2. The molecule has 1 amide bonds. The third-order valence-electron chi connectivity index (χ3n) is 6.46. The highest BCUT2D eigenvalue weighted by Gasteiger charge is 2.24. The molecule has 2 atom stereocenters. The molecule has 0 saturated heterocycles. The highest BCUT2D eigenvalue weighted by molar-refractivity contribution is 7.89. The molecule has 0 fully saturated rings. The van der Waals surface area contributed by atoms with Crippen molar-refractivity contribution in [1.82, 2.24) is 14.1 Å². The van der Waals surface area contributed by atoms with Crippen LogP contribution >= 0.6 is 0 Å². The van der Waals surface area contributed by atoms with E-state index in [2.05, 4.69) is 36.2 Å². The van der Waals surface area contributed by atoms with Crippen molar-refractivity contribution in [3.63, 3.8) is 0 Å². The summed E-state index contributed by atoms with van der Waals surface area (Å²) in [5.41, 5.74) is 4.07. The first kappa shape index (κ1) is 28.0. The molecule has 0 aromatic heterocycles. The van der Waals surface area contributed by atoms with Crippen molar-refractivity contribution in [1.29, 1.82) is 0 Å². The largest absolute Gasteiger partial charge is 0.593 e. The number of rotatable bonds is 11. The summed E-state index contributed by atoms with van der Waals surface area (Å²) < 4.78 is 25.6. The molecule has 8 nitrogen and oxygen atoms in total. The van der Waals surface area contributed by atoms with E-state index in [9.17, 15) is 9.35 Å². The first-order valence-electron chi connectivity index (χ1n) is 12.0. The number of carbonyl (C=O) groups is 1. The van der Waals surface area contributed by atoms with E-state index in [0.29, 0.717) is 19.7 Å². The molecule has 2 aromatic carbocycles. The first-order chi connectivity index (χ1) is 17.1. The molecule has 2 unspecified atom stereocenters. The van der Waals surface area contributed by atoms with E-state index in [1.807, 2.05) is 32.9 Å². The third-order valence-corrected chi connectivity index (χ3v) is 8.20. The lowest BCUT2D eigenvalue weighted by Crippen LogP contribution is -2.33. The Morgan fingerprint density at radius 3 is 2.36 bits per heavy atom. The Morgan fingerprint density at radius 2 is 1.81 bits per heavy atom. The zero-order valence-electron chi connectivity index (χ0n) is 22.4. The number of amides is 1. The molecule has 3 rings (SSSR count). The molecular weight excluding hydrogens is 476 g/mol. The summed E-state index contributed by atoms with van der Waals surface area (Å²) in [6.07, 6.45) is 0. The Kier molecular flexibility index (Phi) is 9.78. The predicted octanol–water partition coefficient (Wildman–Crippen LogP) is 3.35. The van der Waals surface area contributed by atoms with Crippen LogP contribution in [0.25, 0.3) is 0 Å². The van der Waals surface area contributed by atoms with E-state index in [0.717, 1.165) is 39.7 Å². The van der Waals surface area contributed by atoms with Gasteiger partial charge in [-0.1, -0.05) is 24.3 Å². The van der Waals surface area contributed by atoms with E-state index in [1.165, 1.54) is 5.56 Å². The molecule has 196 valence electrons. The number of hydrogen-bond acceptors (Lipinski definition) is 7. The fraction of sp³-hybridized carbons (Fsp3) is 0.481. The van der Waals surface area contributed by atoms with Crippen molar-refractivity contribution in [2.24, 2.45) is 4.99 Å². The number of amidine groups is 1. The standard InChI is InChI=1S/C27H38N4O4S/c1-19-14-24(34-7)15-20(2)27(19)36(33)31(6)12-13-35-18-26(32)30(5)16-22-8-10-23(11-9-22)25-17-29(4)21(3)28-25/h8-11,14-15,25H,12-13,16-18H2,1-7H3. The number of hydrogen-bond donors (Lipinski definition) is 0. The van der Waals surface area contributed by atoms with Crippen molar-refractivity contribution < 1.29 is 18.8 Å². The summed E-state index contributed by atoms with van der Waals surface area (Å²) in [5, 5.41) is 0. The van der Waals surface area contributed by atoms with Gasteiger partial charge in [0.1, 0.15) is 12.4 Å². The number of likely N-dealkylation sites (N-methyl/N-ethyl adjacent to an activating group) is 3. The van der Waals surface area contributed by atoms with E-state index in [-0.39, 0.29) is 18.6 Å². The van der Waals surface area contributed by atoms with Crippen LogP contribution in [0.2, 0.25) is 0 Å². The summed E-state index contributed by atoms with van der Waals surface area (Å²) in [6.45, 7) is 8.01. The van der Waals surface area contributed by atoms with Gasteiger partial charge in [0.15, 0.2) is 4.90 Å². The summed E-state index contributed by atoms with van der Waals surface area (Å²) >= 11 is -1.33. The summed E-state index contributed by atoms with van der Waals surface area (Å²) in [4.78, 5) is 21.8. The van der Waals surface area contributed by atoms with Crippen LogP contribution in [0.15, 0.2) is 46.3 Å². The quantitative estimate of drug-likeness (QED) is 0.338. The van der Waals surface area contributed by atoms with Crippen molar-refractivity contribution in [2.75, 3.05) is 54.6 Å². The van der Waals surface area contributed by atoms with E-state index in [1.54, 1.807) is 30.4 Å². The maximum absolute atomic E-state index is 13.0. The van der Waals surface area contributed by atoms with Crippen molar-refractivity contribution in [3.05, 3.63) is 58.7 Å². The number of nitrogens with zero attached hydrogens (tertiary/aromatic N) is 4. The van der Waals surface area contributed by atoms with Gasteiger partial charge >= 0.3 is 0 Å². The van der Waals surface area contributed by atoms with Crippen LogP contribution in [0.1, 0.15) is 35.2 Å². The van der Waals surface area contributed by atoms with Gasteiger partial charge in [-0.05, 0) is 44.0 Å². The number of carbonyl (C=O) groups excluding carboxylic acids is 1. The van der Waals surface area contributed by atoms with Crippen molar-refractivity contribution in [2.45, 2.75) is 38.3 Å². The van der Waals surface area contributed by atoms with E-state index >= 15 is 0 Å². The third kappa shape index (κ3) is 7.00. The molecule has 0 spiro atoms. The zero-order valence-corrected chi connectivity index (χ0v) is 23.2. The molecule has 0 aliphatic carbocycles. The Morgan fingerprint density at radius 1 is 1.17 bits per heavy atom. The monoisotopic (exact) mass is 514 g/mol. The van der Waals surface area contributed by atoms with Crippen LogP contribution in [0.4, 0.5) is 0 Å². The molecule has 0 bridgehead atoms. The van der Waals surface area contributed by atoms with Crippen LogP contribution in [0.3, 0.4) is 0 Å². The summed E-state index contributed by atoms with van der Waals surface area (Å²) in [6, 6.07) is 12.2. The second-order valence-corrected chi connectivity index (χ2v) is 10.8. The SMILES string of the molecule is COc1cc(C)c([S+]([O-])N(C)CCOCC(=O)N(C)Cc2ccc(C3CN(C)C(C)=N3)cc2)c(C)c1. The maximum Gasteiger partial charge on any atom is 0.248 e. The molecular formula is C27H38N4O4S. The van der Waals surface area contributed by atoms with Gasteiger partial charge in [-0.15, -0.1) is 4.31 Å². The Hall–Kier alpha value is -2.59. The van der Waals surface area contributed by atoms with Gasteiger partial charge in [-0.25, -0.2) is 0 Å². The highest BCUT2D eigenvalue weighted by Crippen LogP contribution is 2.28. The summed E-state index contributed by atoms with van der Waals surface area (Å²) in [5.74, 6) is 1.71. The minimum Gasteiger partial charge on any atom is -0.593 e. The van der Waals surface area contributed by atoms with Crippen molar-refractivity contribution >= 4 is 23.1 Å². The predicted molar refractivity (Wildman–Crippen MR) is 144 cm³/mol. The van der Waals surface area contributed by atoms with Gasteiger partial charge in [-0.2, -0.15) is 0 Å². The molecule has 1 aliphatic rings. The van der Waals surface area contributed by atoms with Crippen LogP contribution in [-0.2, 0) is 27.4 Å². The minimum absolute atomic E-state index is 0.0158. The van der Waals surface area contributed by atoms with E-state index < -0.39 is 11.4 Å². The maximum atomic E-state index is 13.0. The fourth-order valence-electron chi connectivity index (χ4n) is 4.15. The molecule has 9 heteroatoms. The lowest BCUT2D eigenvalue weighted by molar-refractivity contribution is -0.135. The van der Waals surface area contributed by atoms with Gasteiger partial charge in [-0.3, -0.25) is 9.79 Å². The molecule has 36 heavy (non-hydrogen) atoms. The molecule has 0 radical (unpaired) electrons. The van der Waals surface area contributed by atoms with Gasteiger partial charge in [0.25, 0.3) is 0 Å². The summed E-state index contributed by atoms with van der Waals surface area (Å²) in [7, 11) is 7.23. The average Bonchev–Trinajstić information content (AvgIpc) is 3.19. The van der Waals surface area contributed by atoms with E-state index in [4.69, 9.17) is 14.5 Å². The van der Waals surface area contributed by atoms with Crippen LogP contribution in [0, 0.1) is 13.8 Å². The smallest absolute Gasteiger partial charge is 0.248 e. The van der Waals surface area contributed by atoms with Gasteiger partial charge in [0, 0.05) is 45.4 Å².